The van der Waals surface area contributed by atoms with E-state index in [1.165, 1.54) is 18.4 Å². The first-order chi connectivity index (χ1) is 7.22. The summed E-state index contributed by atoms with van der Waals surface area (Å²) in [6, 6.07) is 2.74. The summed E-state index contributed by atoms with van der Waals surface area (Å²) in [6.07, 6.45) is 9.80. The number of aromatic nitrogens is 1. The van der Waals surface area contributed by atoms with Crippen LogP contribution in [-0.4, -0.2) is 10.6 Å². The van der Waals surface area contributed by atoms with Crippen molar-refractivity contribution in [1.29, 1.82) is 0 Å². The van der Waals surface area contributed by atoms with Gasteiger partial charge in [-0.2, -0.15) is 0 Å². The van der Waals surface area contributed by atoms with Crippen LogP contribution in [-0.2, 0) is 13.6 Å². The minimum atomic E-state index is 0.588. The minimum absolute atomic E-state index is 0.588. The lowest BCUT2D eigenvalue weighted by atomic mass is 10.1. The first-order valence-corrected chi connectivity index (χ1v) is 5.67. The predicted octanol–water partition coefficient (Wildman–Crippen LogP) is 2.86. The highest BCUT2D eigenvalue weighted by atomic mass is 14.9. The van der Waals surface area contributed by atoms with Gasteiger partial charge in [0.2, 0.25) is 0 Å². The summed E-state index contributed by atoms with van der Waals surface area (Å²) < 4.78 is 2.08. The van der Waals surface area contributed by atoms with Crippen molar-refractivity contribution in [3.8, 4) is 0 Å². The number of allylic oxidation sites excluding steroid dienone is 1. The van der Waals surface area contributed by atoms with Gasteiger partial charge < -0.3 is 9.88 Å². The van der Waals surface area contributed by atoms with Crippen LogP contribution in [0.25, 0.3) is 0 Å². The van der Waals surface area contributed by atoms with Gasteiger partial charge in [-0.25, -0.2) is 0 Å². The molecule has 1 unspecified atom stereocenters. The summed E-state index contributed by atoms with van der Waals surface area (Å²) in [7, 11) is 2.05. The fraction of sp³-hybridized carbons (Fsp3) is 0.538. The summed E-state index contributed by atoms with van der Waals surface area (Å²) in [6.45, 7) is 6.94. The second-order valence-corrected chi connectivity index (χ2v) is 4.19. The van der Waals surface area contributed by atoms with Crippen molar-refractivity contribution in [2.75, 3.05) is 0 Å². The molecule has 0 fully saturated rings. The molecule has 0 spiro atoms. The highest BCUT2D eigenvalue weighted by Gasteiger charge is 2.01. The lowest BCUT2D eigenvalue weighted by Gasteiger charge is -2.12. The van der Waals surface area contributed by atoms with Gasteiger partial charge in [0.15, 0.2) is 0 Å². The Balaban J connectivity index is 2.16. The Morgan fingerprint density at radius 2 is 2.40 bits per heavy atom. The number of nitrogens with one attached hydrogen (secondary N) is 1. The monoisotopic (exact) mass is 206 g/mol. The van der Waals surface area contributed by atoms with Crippen molar-refractivity contribution < 1.29 is 0 Å². The van der Waals surface area contributed by atoms with E-state index in [4.69, 9.17) is 0 Å². The smallest absolute Gasteiger partial charge is 0.0223 e. The lowest BCUT2D eigenvalue weighted by Crippen LogP contribution is -2.25. The van der Waals surface area contributed by atoms with Crippen LogP contribution in [0.4, 0.5) is 0 Å². The Hall–Kier alpha value is -1.02. The molecule has 1 aromatic heterocycles. The Kier molecular flexibility index (Phi) is 5.19. The van der Waals surface area contributed by atoms with Gasteiger partial charge in [0.05, 0.1) is 0 Å². The lowest BCUT2D eigenvalue weighted by molar-refractivity contribution is 0.500. The van der Waals surface area contributed by atoms with Crippen LogP contribution < -0.4 is 5.32 Å². The number of rotatable bonds is 7. The van der Waals surface area contributed by atoms with E-state index in [-0.39, 0.29) is 0 Å². The molecule has 1 rings (SSSR count). The normalized spacial score (nSPS) is 12.7. The van der Waals surface area contributed by atoms with Crippen LogP contribution in [0.3, 0.4) is 0 Å². The van der Waals surface area contributed by atoms with E-state index in [2.05, 4.69) is 48.9 Å². The van der Waals surface area contributed by atoms with Crippen molar-refractivity contribution in [3.63, 3.8) is 0 Å². The van der Waals surface area contributed by atoms with Gasteiger partial charge in [-0.1, -0.05) is 6.08 Å². The van der Waals surface area contributed by atoms with E-state index in [1.807, 2.05) is 6.08 Å². The topological polar surface area (TPSA) is 17.0 Å². The highest BCUT2D eigenvalue weighted by Crippen LogP contribution is 2.03. The second kappa shape index (κ2) is 6.46. The van der Waals surface area contributed by atoms with Gasteiger partial charge in [0.1, 0.15) is 0 Å². The van der Waals surface area contributed by atoms with Crippen molar-refractivity contribution in [2.45, 2.75) is 38.8 Å². The van der Waals surface area contributed by atoms with E-state index >= 15 is 0 Å². The zero-order chi connectivity index (χ0) is 11.1. The second-order valence-electron chi connectivity index (χ2n) is 4.19. The third kappa shape index (κ3) is 4.84. The van der Waals surface area contributed by atoms with Crippen LogP contribution in [0, 0.1) is 0 Å². The number of hydrogen-bond acceptors (Lipinski definition) is 1. The van der Waals surface area contributed by atoms with Gasteiger partial charge in [0.25, 0.3) is 0 Å². The molecule has 1 heterocycles. The van der Waals surface area contributed by atoms with Crippen molar-refractivity contribution in [3.05, 3.63) is 36.7 Å². The molecule has 1 N–H and O–H groups in total. The average Bonchev–Trinajstić information content (AvgIpc) is 2.62. The number of nitrogens with zero attached hydrogens (tertiary/aromatic N) is 1. The number of aryl methyl sites for hydroxylation is 1. The van der Waals surface area contributed by atoms with Gasteiger partial charge in [-0.05, 0) is 37.8 Å². The molecule has 0 radical (unpaired) electrons. The van der Waals surface area contributed by atoms with Gasteiger partial charge in [-0.15, -0.1) is 6.58 Å². The average molecular weight is 206 g/mol. The van der Waals surface area contributed by atoms with Crippen molar-refractivity contribution in [1.82, 2.24) is 9.88 Å². The summed E-state index contributed by atoms with van der Waals surface area (Å²) in [5, 5.41) is 3.52. The molecule has 15 heavy (non-hydrogen) atoms. The standard InChI is InChI=1S/C13H22N2/c1-4-5-6-7-12(2)14-10-13-8-9-15(3)11-13/h4,8-9,11-12,14H,1,5-7,10H2,2-3H3. The summed E-state index contributed by atoms with van der Waals surface area (Å²) >= 11 is 0. The summed E-state index contributed by atoms with van der Waals surface area (Å²) in [5.41, 5.74) is 1.35. The molecule has 1 aromatic rings. The molecule has 0 bridgehead atoms. The Bertz CT molecular complexity index is 288. The maximum atomic E-state index is 3.73. The van der Waals surface area contributed by atoms with Crippen LogP contribution >= 0.6 is 0 Å². The molecule has 0 aliphatic heterocycles. The molecular weight excluding hydrogens is 184 g/mol. The molecule has 0 aliphatic carbocycles. The fourth-order valence-electron chi connectivity index (χ4n) is 1.63. The van der Waals surface area contributed by atoms with E-state index in [0.29, 0.717) is 6.04 Å². The quantitative estimate of drug-likeness (QED) is 0.536. The maximum absolute atomic E-state index is 3.73. The Morgan fingerprint density at radius 1 is 1.60 bits per heavy atom. The van der Waals surface area contributed by atoms with Gasteiger partial charge in [-0.3, -0.25) is 0 Å². The van der Waals surface area contributed by atoms with Crippen molar-refractivity contribution >= 4 is 0 Å². The van der Waals surface area contributed by atoms with Gasteiger partial charge in [0, 0.05) is 32.0 Å². The summed E-state index contributed by atoms with van der Waals surface area (Å²) in [5.74, 6) is 0. The minimum Gasteiger partial charge on any atom is -0.357 e. The Morgan fingerprint density at radius 3 is 3.00 bits per heavy atom. The molecule has 0 saturated heterocycles. The molecule has 2 nitrogen and oxygen atoms in total. The van der Waals surface area contributed by atoms with E-state index in [0.717, 1.165) is 13.0 Å². The van der Waals surface area contributed by atoms with E-state index in [1.54, 1.807) is 0 Å². The third-order valence-electron chi connectivity index (χ3n) is 2.59. The third-order valence-corrected chi connectivity index (χ3v) is 2.59. The largest absolute Gasteiger partial charge is 0.357 e. The first kappa shape index (κ1) is 12.1. The van der Waals surface area contributed by atoms with Crippen LogP contribution in [0.15, 0.2) is 31.1 Å². The molecule has 1 atom stereocenters. The highest BCUT2D eigenvalue weighted by molar-refractivity contribution is 5.09. The first-order valence-electron chi connectivity index (χ1n) is 5.67. The van der Waals surface area contributed by atoms with E-state index < -0.39 is 0 Å². The maximum Gasteiger partial charge on any atom is 0.0223 e. The molecule has 84 valence electrons. The molecule has 0 amide bonds. The van der Waals surface area contributed by atoms with Crippen LogP contribution in [0.5, 0.6) is 0 Å². The summed E-state index contributed by atoms with van der Waals surface area (Å²) in [4.78, 5) is 0. The predicted molar refractivity (Wildman–Crippen MR) is 65.8 cm³/mol. The molecule has 2 heteroatoms. The molecular formula is C13H22N2. The van der Waals surface area contributed by atoms with E-state index in [9.17, 15) is 0 Å². The molecule has 0 aromatic carbocycles. The van der Waals surface area contributed by atoms with Crippen molar-refractivity contribution in [2.24, 2.45) is 7.05 Å². The SMILES string of the molecule is C=CCCCC(C)NCc1ccn(C)c1. The molecule has 0 aliphatic rings. The fourth-order valence-corrected chi connectivity index (χ4v) is 1.63. The van der Waals surface area contributed by atoms with Gasteiger partial charge >= 0.3 is 0 Å². The zero-order valence-corrected chi connectivity index (χ0v) is 9.87. The molecule has 0 saturated carbocycles. The van der Waals surface area contributed by atoms with Crippen LogP contribution in [0.1, 0.15) is 31.7 Å². The Labute approximate surface area is 93.0 Å². The number of hydrogen-bond donors (Lipinski definition) is 1. The van der Waals surface area contributed by atoms with Crippen LogP contribution in [0.2, 0.25) is 0 Å². The number of unbranched alkanes of at least 4 members (excludes halogenated alkanes) is 1. The zero-order valence-electron chi connectivity index (χ0n) is 9.87.